The van der Waals surface area contributed by atoms with Crippen LogP contribution >= 0.6 is 7.82 Å². The van der Waals surface area contributed by atoms with Gasteiger partial charge in [0.2, 0.25) is 0 Å². The maximum atomic E-state index is 12.9. The molecule has 0 bridgehead atoms. The van der Waals surface area contributed by atoms with E-state index in [1.807, 2.05) is 0 Å². The fourth-order valence-corrected chi connectivity index (χ4v) is 8.03. The highest BCUT2D eigenvalue weighted by atomic mass is 31.2. The van der Waals surface area contributed by atoms with Gasteiger partial charge in [-0.1, -0.05) is 195 Å². The van der Waals surface area contributed by atoms with E-state index < -0.39 is 57.8 Å². The standard InChI is InChI=1S/C60H101O11P/c1-4-7-10-13-16-19-22-25-27-28-30-32-34-37-40-43-46-49-58(62)67-53-57(71-60(64)51-48-45-42-39-36-33-29-26-23-20-17-14-11-8-5-2)55-69-72(65,66)68-54-56(52-61)70-59(63)50-47-44-41-38-35-31-24-21-18-15-12-9-6-3/h7-8,10-12,15-17,19-21,24-27,29,56-57,61H,4-6,9,13-14,18,22-23,28,30-55H2,1-3H3,(H,65,66)/b10-7-,11-8-,15-12-,19-16-,20-17-,24-21-,27-25-,29-26-. The normalized spacial score (nSPS) is 14.1. The molecular weight excluding hydrogens is 928 g/mol. The quantitative estimate of drug-likeness (QED) is 0.0197. The van der Waals surface area contributed by atoms with Crippen molar-refractivity contribution >= 4 is 25.7 Å². The Morgan fingerprint density at radius 2 is 0.722 bits per heavy atom. The summed E-state index contributed by atoms with van der Waals surface area (Å²) in [4.78, 5) is 48.5. The number of aliphatic hydroxyl groups is 1. The molecule has 0 radical (unpaired) electrons. The zero-order chi connectivity index (χ0) is 52.7. The summed E-state index contributed by atoms with van der Waals surface area (Å²) in [5, 5.41) is 9.80. The molecule has 0 saturated heterocycles. The molecule has 0 spiro atoms. The molecule has 0 amide bonds. The summed E-state index contributed by atoms with van der Waals surface area (Å²) in [5.41, 5.74) is 0. The van der Waals surface area contributed by atoms with Crippen LogP contribution in [0, 0.1) is 0 Å². The summed E-state index contributed by atoms with van der Waals surface area (Å²) < 4.78 is 39.5. The van der Waals surface area contributed by atoms with Gasteiger partial charge in [0, 0.05) is 19.3 Å². The molecule has 3 unspecified atom stereocenters. The van der Waals surface area contributed by atoms with E-state index in [9.17, 15) is 28.9 Å². The first-order chi connectivity index (χ1) is 35.2. The van der Waals surface area contributed by atoms with Gasteiger partial charge in [-0.05, 0) is 109 Å². The fraction of sp³-hybridized carbons (Fsp3) is 0.683. The molecule has 3 atom stereocenters. The third-order valence-electron chi connectivity index (χ3n) is 11.5. The minimum absolute atomic E-state index is 0.141. The molecule has 0 aromatic carbocycles. The van der Waals surface area contributed by atoms with Gasteiger partial charge in [0.05, 0.1) is 19.8 Å². The first-order valence-corrected chi connectivity index (χ1v) is 29.6. The average molecular weight is 1030 g/mol. The molecule has 12 heteroatoms. The van der Waals surface area contributed by atoms with Crippen LogP contribution in [0.3, 0.4) is 0 Å². The van der Waals surface area contributed by atoms with Gasteiger partial charge < -0.3 is 24.2 Å². The Bertz CT molecular complexity index is 1580. The van der Waals surface area contributed by atoms with Gasteiger partial charge in [0.25, 0.3) is 0 Å². The molecule has 0 saturated carbocycles. The van der Waals surface area contributed by atoms with Crippen molar-refractivity contribution in [1.82, 2.24) is 0 Å². The van der Waals surface area contributed by atoms with Crippen LogP contribution in [-0.2, 0) is 42.2 Å². The minimum atomic E-state index is -4.76. The Balaban J connectivity index is 4.78. The lowest BCUT2D eigenvalue weighted by molar-refractivity contribution is -0.161. The lowest BCUT2D eigenvalue weighted by Gasteiger charge is -2.21. The molecule has 0 aliphatic rings. The van der Waals surface area contributed by atoms with E-state index in [0.29, 0.717) is 19.3 Å². The molecule has 0 aromatic rings. The maximum absolute atomic E-state index is 12.9. The summed E-state index contributed by atoms with van der Waals surface area (Å²) in [6.07, 6.45) is 62.2. The average Bonchev–Trinajstić information content (AvgIpc) is 3.37. The number of carbonyl (C=O) groups excluding carboxylic acids is 3. The third kappa shape index (κ3) is 51.3. The maximum Gasteiger partial charge on any atom is 0.472 e. The molecule has 412 valence electrons. The first-order valence-electron chi connectivity index (χ1n) is 28.1. The summed E-state index contributed by atoms with van der Waals surface area (Å²) in [5.74, 6) is -1.52. The monoisotopic (exact) mass is 1030 g/mol. The van der Waals surface area contributed by atoms with Crippen molar-refractivity contribution in [2.45, 2.75) is 238 Å². The lowest BCUT2D eigenvalue weighted by Crippen LogP contribution is -2.30. The van der Waals surface area contributed by atoms with E-state index in [0.717, 1.165) is 154 Å². The number of allylic oxidation sites excluding steroid dienone is 16. The second kappa shape index (κ2) is 53.7. The van der Waals surface area contributed by atoms with Crippen molar-refractivity contribution < 1.29 is 52.2 Å². The summed E-state index contributed by atoms with van der Waals surface area (Å²) in [7, 11) is -4.76. The number of hydrogen-bond acceptors (Lipinski definition) is 10. The van der Waals surface area contributed by atoms with Crippen molar-refractivity contribution in [3.63, 3.8) is 0 Å². The van der Waals surface area contributed by atoms with E-state index in [2.05, 4.69) is 118 Å². The molecule has 0 aliphatic heterocycles. The topological polar surface area (TPSA) is 155 Å². The number of phosphoric ester groups is 1. The molecule has 2 N–H and O–H groups in total. The molecule has 11 nitrogen and oxygen atoms in total. The fourth-order valence-electron chi connectivity index (χ4n) is 7.25. The van der Waals surface area contributed by atoms with E-state index >= 15 is 0 Å². The zero-order valence-electron chi connectivity index (χ0n) is 45.4. The number of unbranched alkanes of at least 4 members (excludes halogenated alkanes) is 18. The second-order valence-corrected chi connectivity index (χ2v) is 19.8. The Labute approximate surface area is 438 Å². The van der Waals surface area contributed by atoms with Crippen LogP contribution in [0.5, 0.6) is 0 Å². The number of ether oxygens (including phenoxy) is 3. The number of phosphoric acid groups is 1. The Hall–Kier alpha value is -3.60. The predicted molar refractivity (Wildman–Crippen MR) is 297 cm³/mol. The van der Waals surface area contributed by atoms with Crippen LogP contribution in [0.1, 0.15) is 226 Å². The van der Waals surface area contributed by atoms with Gasteiger partial charge in [-0.2, -0.15) is 0 Å². The number of rotatable bonds is 51. The smallest absolute Gasteiger partial charge is 0.462 e. The van der Waals surface area contributed by atoms with E-state index in [1.165, 1.54) is 12.8 Å². The molecule has 0 heterocycles. The van der Waals surface area contributed by atoms with Gasteiger partial charge in [0.1, 0.15) is 12.7 Å². The number of carbonyl (C=O) groups is 3. The predicted octanol–water partition coefficient (Wildman–Crippen LogP) is 16.5. The van der Waals surface area contributed by atoms with Gasteiger partial charge in [-0.25, -0.2) is 4.57 Å². The highest BCUT2D eigenvalue weighted by Crippen LogP contribution is 2.43. The van der Waals surface area contributed by atoms with Crippen LogP contribution < -0.4 is 0 Å². The van der Waals surface area contributed by atoms with Crippen molar-refractivity contribution in [2.75, 3.05) is 26.4 Å². The second-order valence-electron chi connectivity index (χ2n) is 18.3. The SMILES string of the molecule is CC/C=C\C/C=C\C/C=C\CCCCCCCCCC(=O)OCC(COP(=O)(O)OCC(CO)OC(=O)CCCCCCC/C=C\C/C=C\CCC)OC(=O)CCCCCCC/C=C\C/C=C\C/C=C\CC. The molecule has 0 aromatic heterocycles. The highest BCUT2D eigenvalue weighted by molar-refractivity contribution is 7.47. The summed E-state index contributed by atoms with van der Waals surface area (Å²) in [6.45, 7) is 4.30. The Kier molecular flexibility index (Phi) is 51.0. The van der Waals surface area contributed by atoms with Crippen molar-refractivity contribution in [2.24, 2.45) is 0 Å². The van der Waals surface area contributed by atoms with Crippen molar-refractivity contribution in [3.8, 4) is 0 Å². The van der Waals surface area contributed by atoms with Crippen LogP contribution in [0.2, 0.25) is 0 Å². The molecular formula is C60H101O11P. The van der Waals surface area contributed by atoms with Gasteiger partial charge in [-0.3, -0.25) is 23.4 Å². The number of aliphatic hydroxyl groups excluding tert-OH is 1. The molecule has 72 heavy (non-hydrogen) atoms. The first kappa shape index (κ1) is 68.4. The van der Waals surface area contributed by atoms with Gasteiger partial charge >= 0.3 is 25.7 Å². The van der Waals surface area contributed by atoms with Gasteiger partial charge in [0.15, 0.2) is 6.10 Å². The Morgan fingerprint density at radius 3 is 1.11 bits per heavy atom. The minimum Gasteiger partial charge on any atom is -0.462 e. The molecule has 0 fully saturated rings. The van der Waals surface area contributed by atoms with Crippen molar-refractivity contribution in [3.05, 3.63) is 97.2 Å². The zero-order valence-corrected chi connectivity index (χ0v) is 46.3. The van der Waals surface area contributed by atoms with E-state index in [-0.39, 0.29) is 25.9 Å². The molecule has 0 aliphatic carbocycles. The summed E-state index contributed by atoms with van der Waals surface area (Å²) >= 11 is 0. The largest absolute Gasteiger partial charge is 0.472 e. The number of hydrogen-bond donors (Lipinski definition) is 2. The Morgan fingerprint density at radius 1 is 0.403 bits per heavy atom. The highest BCUT2D eigenvalue weighted by Gasteiger charge is 2.28. The summed E-state index contributed by atoms with van der Waals surface area (Å²) in [6, 6.07) is 0. The third-order valence-corrected chi connectivity index (χ3v) is 12.4. The lowest BCUT2D eigenvalue weighted by atomic mass is 10.1. The van der Waals surface area contributed by atoms with Crippen molar-refractivity contribution in [1.29, 1.82) is 0 Å². The van der Waals surface area contributed by atoms with E-state index in [4.69, 9.17) is 23.3 Å². The van der Waals surface area contributed by atoms with Crippen LogP contribution in [0.25, 0.3) is 0 Å². The molecule has 0 rings (SSSR count). The van der Waals surface area contributed by atoms with E-state index in [1.54, 1.807) is 0 Å². The van der Waals surface area contributed by atoms with Crippen LogP contribution in [-0.4, -0.2) is 66.5 Å². The number of esters is 3. The van der Waals surface area contributed by atoms with Crippen LogP contribution in [0.4, 0.5) is 0 Å². The van der Waals surface area contributed by atoms with Gasteiger partial charge in [-0.15, -0.1) is 0 Å². The van der Waals surface area contributed by atoms with Crippen LogP contribution in [0.15, 0.2) is 97.2 Å².